The molecule has 2 rings (SSSR count). The van der Waals surface area contributed by atoms with E-state index in [4.69, 9.17) is 4.74 Å². The molecule has 0 aliphatic rings. The Balaban J connectivity index is 2.05. The van der Waals surface area contributed by atoms with Gasteiger partial charge in [0.25, 0.3) is 0 Å². The van der Waals surface area contributed by atoms with Crippen LogP contribution in [0.15, 0.2) is 30.3 Å². The van der Waals surface area contributed by atoms with Gasteiger partial charge >= 0.3 is 5.97 Å². The first kappa shape index (κ1) is 19.4. The Labute approximate surface area is 153 Å². The number of aryl methyl sites for hydroxylation is 1. The molecule has 26 heavy (non-hydrogen) atoms. The van der Waals surface area contributed by atoms with Gasteiger partial charge in [0.15, 0.2) is 6.61 Å². The molecule has 0 aliphatic carbocycles. The van der Waals surface area contributed by atoms with Gasteiger partial charge in [-0.3, -0.25) is 9.59 Å². The zero-order valence-electron chi connectivity index (χ0n) is 15.7. The maximum absolute atomic E-state index is 12.5. The second-order valence-corrected chi connectivity index (χ2v) is 6.37. The summed E-state index contributed by atoms with van der Waals surface area (Å²) >= 11 is 0. The van der Waals surface area contributed by atoms with Crippen molar-refractivity contribution in [3.63, 3.8) is 0 Å². The molecule has 0 heterocycles. The normalized spacial score (nSPS) is 10.3. The van der Waals surface area contributed by atoms with Gasteiger partial charge in [-0.2, -0.15) is 0 Å². The van der Waals surface area contributed by atoms with Crippen molar-refractivity contribution in [2.75, 3.05) is 11.9 Å². The summed E-state index contributed by atoms with van der Waals surface area (Å²) in [6, 6.07) is 8.15. The highest BCUT2D eigenvalue weighted by atomic mass is 16.5. The van der Waals surface area contributed by atoms with Gasteiger partial charge in [-0.25, -0.2) is 4.79 Å². The number of esters is 1. The van der Waals surface area contributed by atoms with Crippen LogP contribution in [0.4, 0.5) is 5.69 Å². The molecule has 1 N–H and O–H groups in total. The van der Waals surface area contributed by atoms with Crippen molar-refractivity contribution in [2.24, 2.45) is 0 Å². The van der Waals surface area contributed by atoms with Crippen LogP contribution in [-0.4, -0.2) is 24.3 Å². The number of ether oxygens (including phenoxy) is 1. The molecule has 0 bridgehead atoms. The maximum atomic E-state index is 12.5. The molecule has 5 heteroatoms. The molecule has 0 aromatic heterocycles. The van der Waals surface area contributed by atoms with Crippen LogP contribution >= 0.6 is 0 Å². The quantitative estimate of drug-likeness (QED) is 0.653. The van der Waals surface area contributed by atoms with Crippen LogP contribution in [0.5, 0.6) is 0 Å². The van der Waals surface area contributed by atoms with Crippen molar-refractivity contribution in [1.29, 1.82) is 0 Å². The minimum absolute atomic E-state index is 0.190. The highest BCUT2D eigenvalue weighted by molar-refractivity contribution is 6.01. The van der Waals surface area contributed by atoms with E-state index >= 15 is 0 Å². The first-order valence-corrected chi connectivity index (χ1v) is 8.36. The molecule has 0 saturated carbocycles. The third-order valence-electron chi connectivity index (χ3n) is 4.56. The molecule has 2 aromatic carbocycles. The highest BCUT2D eigenvalue weighted by Gasteiger charge is 2.16. The van der Waals surface area contributed by atoms with Crippen LogP contribution < -0.4 is 5.32 Å². The third-order valence-corrected chi connectivity index (χ3v) is 4.56. The summed E-state index contributed by atoms with van der Waals surface area (Å²) in [5, 5.41) is 2.62. The molecule has 136 valence electrons. The Morgan fingerprint density at radius 2 is 1.54 bits per heavy atom. The first-order chi connectivity index (χ1) is 12.2. The Kier molecular flexibility index (Phi) is 5.93. The second-order valence-electron chi connectivity index (χ2n) is 6.37. The van der Waals surface area contributed by atoms with E-state index in [9.17, 15) is 14.4 Å². The van der Waals surface area contributed by atoms with E-state index < -0.39 is 5.97 Å². The summed E-state index contributed by atoms with van der Waals surface area (Å²) in [5.74, 6) is -0.993. The van der Waals surface area contributed by atoms with Gasteiger partial charge in [0.2, 0.25) is 11.7 Å². The summed E-state index contributed by atoms with van der Waals surface area (Å²) in [6.45, 7) is 8.96. The van der Waals surface area contributed by atoms with E-state index in [1.54, 1.807) is 24.3 Å². The van der Waals surface area contributed by atoms with Crippen LogP contribution in [0.25, 0.3) is 0 Å². The zero-order chi connectivity index (χ0) is 19.4. The van der Waals surface area contributed by atoms with Gasteiger partial charge in [0.05, 0.1) is 5.56 Å². The summed E-state index contributed by atoms with van der Waals surface area (Å²) in [7, 11) is 0. The summed E-state index contributed by atoms with van der Waals surface area (Å²) in [4.78, 5) is 35.6. The van der Waals surface area contributed by atoms with E-state index in [2.05, 4.69) is 5.32 Å². The van der Waals surface area contributed by atoms with Crippen LogP contribution in [0.1, 0.15) is 49.9 Å². The van der Waals surface area contributed by atoms with E-state index in [1.165, 1.54) is 6.92 Å². The molecule has 0 fully saturated rings. The molecule has 0 radical (unpaired) electrons. The first-order valence-electron chi connectivity index (χ1n) is 8.36. The summed E-state index contributed by atoms with van der Waals surface area (Å²) in [5.41, 5.74) is 5.68. The topological polar surface area (TPSA) is 72.5 Å². The molecular weight excluding hydrogens is 330 g/mol. The molecule has 0 atom stereocenters. The van der Waals surface area contributed by atoms with Crippen molar-refractivity contribution in [3.05, 3.63) is 63.7 Å². The molecule has 0 unspecified atom stereocenters. The van der Waals surface area contributed by atoms with Crippen LogP contribution in [0.2, 0.25) is 0 Å². The Morgan fingerprint density at radius 1 is 0.923 bits per heavy atom. The van der Waals surface area contributed by atoms with E-state index in [0.717, 1.165) is 22.3 Å². The Bertz CT molecular complexity index is 867. The van der Waals surface area contributed by atoms with Gasteiger partial charge < -0.3 is 10.1 Å². The molecule has 5 nitrogen and oxygen atoms in total. The summed E-state index contributed by atoms with van der Waals surface area (Å²) < 4.78 is 5.15. The van der Waals surface area contributed by atoms with Gasteiger partial charge in [-0.05, 0) is 80.3 Å². The maximum Gasteiger partial charge on any atom is 0.338 e. The molecular formula is C21H23NO4. The number of hydrogen-bond acceptors (Lipinski definition) is 4. The average molecular weight is 353 g/mol. The van der Waals surface area contributed by atoms with E-state index in [-0.39, 0.29) is 18.3 Å². The molecule has 1 amide bonds. The van der Waals surface area contributed by atoms with Crippen molar-refractivity contribution in [3.8, 4) is 0 Å². The SMILES string of the molecule is CC(=O)Nc1ccc(C(=O)OCC(=O)c2cc(C)c(C)c(C)c2C)cc1. The van der Waals surface area contributed by atoms with E-state index in [0.29, 0.717) is 16.8 Å². The van der Waals surface area contributed by atoms with Crippen LogP contribution in [0.3, 0.4) is 0 Å². The summed E-state index contributed by atoms with van der Waals surface area (Å²) in [6.07, 6.45) is 0. The van der Waals surface area contributed by atoms with Gasteiger partial charge in [-0.1, -0.05) is 0 Å². The van der Waals surface area contributed by atoms with Crippen molar-refractivity contribution in [2.45, 2.75) is 34.6 Å². The minimum atomic E-state index is -0.578. The molecule has 0 spiro atoms. The predicted molar refractivity (Wildman–Crippen MR) is 101 cm³/mol. The number of nitrogens with one attached hydrogen (secondary N) is 1. The van der Waals surface area contributed by atoms with Gasteiger partial charge in [0, 0.05) is 18.2 Å². The van der Waals surface area contributed by atoms with Crippen LogP contribution in [0, 0.1) is 27.7 Å². The third kappa shape index (κ3) is 4.36. The fourth-order valence-corrected chi connectivity index (χ4v) is 2.69. The number of hydrogen-bond donors (Lipinski definition) is 1. The van der Waals surface area contributed by atoms with E-state index in [1.807, 2.05) is 33.8 Å². The largest absolute Gasteiger partial charge is 0.454 e. The number of ketones is 1. The van der Waals surface area contributed by atoms with Crippen molar-refractivity contribution >= 4 is 23.3 Å². The zero-order valence-corrected chi connectivity index (χ0v) is 15.7. The number of anilines is 1. The number of carbonyl (C=O) groups excluding carboxylic acids is 3. The lowest BCUT2D eigenvalue weighted by molar-refractivity contribution is -0.114. The number of Topliss-reactive ketones (excluding diaryl/α,β-unsaturated/α-hetero) is 1. The number of carbonyl (C=O) groups is 3. The van der Waals surface area contributed by atoms with Gasteiger partial charge in [-0.15, -0.1) is 0 Å². The second kappa shape index (κ2) is 7.95. The number of rotatable bonds is 5. The Morgan fingerprint density at radius 3 is 2.12 bits per heavy atom. The fraction of sp³-hybridized carbons (Fsp3) is 0.286. The molecule has 0 aliphatic heterocycles. The Hall–Kier alpha value is -2.95. The predicted octanol–water partition coefficient (Wildman–Crippen LogP) is 3.92. The molecule has 2 aromatic rings. The standard InChI is InChI=1S/C21H23NO4/c1-12-10-19(15(4)14(3)13(12)2)20(24)11-26-21(25)17-6-8-18(9-7-17)22-16(5)23/h6-10H,11H2,1-5H3,(H,22,23). The fourth-order valence-electron chi connectivity index (χ4n) is 2.69. The lowest BCUT2D eigenvalue weighted by Gasteiger charge is -2.13. The lowest BCUT2D eigenvalue weighted by atomic mass is 9.93. The highest BCUT2D eigenvalue weighted by Crippen LogP contribution is 2.21. The van der Waals surface area contributed by atoms with Crippen molar-refractivity contribution < 1.29 is 19.1 Å². The molecule has 0 saturated heterocycles. The smallest absolute Gasteiger partial charge is 0.338 e. The van der Waals surface area contributed by atoms with Crippen molar-refractivity contribution in [1.82, 2.24) is 0 Å². The lowest BCUT2D eigenvalue weighted by Crippen LogP contribution is -2.16. The van der Waals surface area contributed by atoms with Gasteiger partial charge in [0.1, 0.15) is 0 Å². The number of benzene rings is 2. The van der Waals surface area contributed by atoms with Crippen LogP contribution in [-0.2, 0) is 9.53 Å². The number of amides is 1. The monoisotopic (exact) mass is 353 g/mol. The average Bonchev–Trinajstić information content (AvgIpc) is 2.60. The minimum Gasteiger partial charge on any atom is -0.454 e.